The SMILES string of the molecule is CCCN(CC(F)(F)F)c1cccnc1C(=N)N. The van der Waals surface area contributed by atoms with Gasteiger partial charge in [-0.25, -0.2) is 0 Å². The molecule has 0 radical (unpaired) electrons. The average Bonchev–Trinajstić information content (AvgIpc) is 2.26. The number of anilines is 1. The van der Waals surface area contributed by atoms with Crippen molar-refractivity contribution in [3.05, 3.63) is 24.0 Å². The van der Waals surface area contributed by atoms with Gasteiger partial charge in [-0.15, -0.1) is 0 Å². The molecule has 0 aromatic carbocycles. The van der Waals surface area contributed by atoms with Gasteiger partial charge < -0.3 is 10.6 Å². The Hall–Kier alpha value is -1.79. The van der Waals surface area contributed by atoms with Crippen molar-refractivity contribution in [2.24, 2.45) is 5.73 Å². The fourth-order valence-electron chi connectivity index (χ4n) is 1.63. The number of nitrogens with two attached hydrogens (primary N) is 1. The molecule has 0 atom stereocenters. The third-order valence-corrected chi connectivity index (χ3v) is 2.25. The van der Waals surface area contributed by atoms with Crippen LogP contribution in [0.4, 0.5) is 18.9 Å². The fraction of sp³-hybridized carbons (Fsp3) is 0.455. The summed E-state index contributed by atoms with van der Waals surface area (Å²) in [5.41, 5.74) is 5.64. The zero-order valence-corrected chi connectivity index (χ0v) is 9.96. The molecule has 3 N–H and O–H groups in total. The van der Waals surface area contributed by atoms with Crippen molar-refractivity contribution in [3.63, 3.8) is 0 Å². The Balaban J connectivity index is 3.09. The van der Waals surface area contributed by atoms with Crippen LogP contribution in [0.3, 0.4) is 0 Å². The quantitative estimate of drug-likeness (QED) is 0.629. The highest BCUT2D eigenvalue weighted by Gasteiger charge is 2.31. The van der Waals surface area contributed by atoms with Crippen LogP contribution in [0.15, 0.2) is 18.3 Å². The minimum Gasteiger partial charge on any atom is -0.382 e. The molecule has 100 valence electrons. The molecular formula is C11H15F3N4. The molecule has 1 aromatic rings. The Morgan fingerprint density at radius 3 is 2.67 bits per heavy atom. The predicted molar refractivity (Wildman–Crippen MR) is 63.8 cm³/mol. The normalized spacial score (nSPS) is 11.3. The van der Waals surface area contributed by atoms with Gasteiger partial charge in [0.25, 0.3) is 0 Å². The second-order valence-corrected chi connectivity index (χ2v) is 3.82. The number of nitrogens with one attached hydrogen (secondary N) is 1. The van der Waals surface area contributed by atoms with Crippen LogP contribution in [-0.4, -0.2) is 30.1 Å². The minimum absolute atomic E-state index is 0.0789. The Morgan fingerprint density at radius 2 is 2.17 bits per heavy atom. The lowest BCUT2D eigenvalue weighted by Crippen LogP contribution is -2.36. The summed E-state index contributed by atoms with van der Waals surface area (Å²) in [7, 11) is 0. The molecule has 0 fully saturated rings. The van der Waals surface area contributed by atoms with Gasteiger partial charge in [0.1, 0.15) is 18.1 Å². The third-order valence-electron chi connectivity index (χ3n) is 2.25. The van der Waals surface area contributed by atoms with Crippen molar-refractivity contribution in [2.75, 3.05) is 18.0 Å². The summed E-state index contributed by atoms with van der Waals surface area (Å²) in [6, 6.07) is 3.02. The number of amidine groups is 1. The van der Waals surface area contributed by atoms with E-state index in [2.05, 4.69) is 4.98 Å². The summed E-state index contributed by atoms with van der Waals surface area (Å²) < 4.78 is 37.5. The molecule has 0 aliphatic carbocycles. The molecule has 0 spiro atoms. The molecule has 7 heteroatoms. The summed E-state index contributed by atoms with van der Waals surface area (Å²) in [6.07, 6.45) is -2.35. The van der Waals surface area contributed by atoms with Crippen LogP contribution in [-0.2, 0) is 0 Å². The first-order valence-corrected chi connectivity index (χ1v) is 5.46. The topological polar surface area (TPSA) is 66.0 Å². The number of nitrogens with zero attached hydrogens (tertiary/aromatic N) is 2. The van der Waals surface area contributed by atoms with Gasteiger partial charge in [-0.1, -0.05) is 6.92 Å². The number of hydrogen-bond donors (Lipinski definition) is 2. The minimum atomic E-state index is -4.31. The lowest BCUT2D eigenvalue weighted by atomic mass is 10.2. The first-order valence-electron chi connectivity index (χ1n) is 5.46. The second-order valence-electron chi connectivity index (χ2n) is 3.82. The maximum Gasteiger partial charge on any atom is 0.405 e. The number of pyridine rings is 1. The molecular weight excluding hydrogens is 245 g/mol. The average molecular weight is 260 g/mol. The summed E-state index contributed by atoms with van der Waals surface area (Å²) in [6.45, 7) is 0.936. The highest BCUT2D eigenvalue weighted by molar-refractivity contribution is 5.98. The van der Waals surface area contributed by atoms with E-state index in [0.717, 1.165) is 4.90 Å². The van der Waals surface area contributed by atoms with Gasteiger partial charge in [-0.05, 0) is 18.6 Å². The highest BCUT2D eigenvalue weighted by Crippen LogP contribution is 2.24. The number of hydrogen-bond acceptors (Lipinski definition) is 3. The molecule has 0 unspecified atom stereocenters. The molecule has 0 aliphatic heterocycles. The van der Waals surface area contributed by atoms with Crippen LogP contribution in [0.2, 0.25) is 0 Å². The van der Waals surface area contributed by atoms with E-state index < -0.39 is 12.7 Å². The van der Waals surface area contributed by atoms with E-state index in [9.17, 15) is 13.2 Å². The van der Waals surface area contributed by atoms with E-state index in [0.29, 0.717) is 6.42 Å². The number of alkyl halides is 3. The molecule has 4 nitrogen and oxygen atoms in total. The van der Waals surface area contributed by atoms with Crippen LogP contribution in [0, 0.1) is 5.41 Å². The number of aromatic nitrogens is 1. The highest BCUT2D eigenvalue weighted by atomic mass is 19.4. The molecule has 18 heavy (non-hydrogen) atoms. The van der Waals surface area contributed by atoms with Gasteiger partial charge in [0.15, 0.2) is 0 Å². The first kappa shape index (κ1) is 14.3. The summed E-state index contributed by atoms with van der Waals surface area (Å²) in [5, 5.41) is 7.34. The van der Waals surface area contributed by atoms with Crippen LogP contribution in [0.25, 0.3) is 0 Å². The Kier molecular flexibility index (Phi) is 4.52. The van der Waals surface area contributed by atoms with Gasteiger partial charge in [0, 0.05) is 12.7 Å². The summed E-state index contributed by atoms with van der Waals surface area (Å²) >= 11 is 0. The summed E-state index contributed by atoms with van der Waals surface area (Å²) in [4.78, 5) is 5.00. The van der Waals surface area contributed by atoms with Crippen LogP contribution in [0.1, 0.15) is 19.0 Å². The number of halogens is 3. The smallest absolute Gasteiger partial charge is 0.382 e. The standard InChI is InChI=1S/C11H15F3N4/c1-2-6-18(7-11(12,13)14)8-4-3-5-17-9(8)10(15)16/h3-5H,2,6-7H2,1H3,(H3,15,16). The zero-order valence-electron chi connectivity index (χ0n) is 9.96. The van der Waals surface area contributed by atoms with Crippen molar-refractivity contribution >= 4 is 11.5 Å². The maximum absolute atomic E-state index is 12.5. The van der Waals surface area contributed by atoms with Gasteiger partial charge in [0.05, 0.1) is 5.69 Å². The lowest BCUT2D eigenvalue weighted by molar-refractivity contribution is -0.119. The summed E-state index contributed by atoms with van der Waals surface area (Å²) in [5.74, 6) is -0.339. The van der Waals surface area contributed by atoms with Crippen molar-refractivity contribution in [1.29, 1.82) is 5.41 Å². The molecule has 1 aromatic heterocycles. The van der Waals surface area contributed by atoms with E-state index >= 15 is 0 Å². The Bertz CT molecular complexity index is 417. The van der Waals surface area contributed by atoms with Gasteiger partial charge >= 0.3 is 6.18 Å². The van der Waals surface area contributed by atoms with E-state index in [1.165, 1.54) is 18.3 Å². The number of rotatable bonds is 5. The van der Waals surface area contributed by atoms with Crippen LogP contribution >= 0.6 is 0 Å². The Labute approximate surface area is 103 Å². The monoisotopic (exact) mass is 260 g/mol. The molecule has 0 saturated heterocycles. The van der Waals surface area contributed by atoms with Crippen molar-refractivity contribution < 1.29 is 13.2 Å². The second kappa shape index (κ2) is 5.70. The van der Waals surface area contributed by atoms with Gasteiger partial charge in [0.2, 0.25) is 0 Å². The largest absolute Gasteiger partial charge is 0.405 e. The van der Waals surface area contributed by atoms with Crippen molar-refractivity contribution in [1.82, 2.24) is 4.98 Å². The first-order chi connectivity index (χ1) is 8.35. The molecule has 1 heterocycles. The number of nitrogen functional groups attached to an aromatic ring is 1. The Morgan fingerprint density at radius 1 is 1.50 bits per heavy atom. The van der Waals surface area contributed by atoms with Crippen LogP contribution < -0.4 is 10.6 Å². The van der Waals surface area contributed by atoms with Crippen molar-refractivity contribution in [3.8, 4) is 0 Å². The third kappa shape index (κ3) is 3.90. The fourth-order valence-corrected chi connectivity index (χ4v) is 1.63. The molecule has 0 aliphatic rings. The maximum atomic E-state index is 12.5. The predicted octanol–water partition coefficient (Wildman–Crippen LogP) is 2.14. The van der Waals surface area contributed by atoms with Crippen LogP contribution in [0.5, 0.6) is 0 Å². The molecule has 0 saturated carbocycles. The van der Waals surface area contributed by atoms with Gasteiger partial charge in [-0.3, -0.25) is 10.4 Å². The van der Waals surface area contributed by atoms with E-state index in [-0.39, 0.29) is 23.8 Å². The molecule has 0 bridgehead atoms. The molecule has 1 rings (SSSR count). The lowest BCUT2D eigenvalue weighted by Gasteiger charge is -2.26. The zero-order chi connectivity index (χ0) is 13.8. The van der Waals surface area contributed by atoms with E-state index in [1.807, 2.05) is 0 Å². The van der Waals surface area contributed by atoms with Gasteiger partial charge in [-0.2, -0.15) is 13.2 Å². The molecule has 0 amide bonds. The van der Waals surface area contributed by atoms with Crippen molar-refractivity contribution in [2.45, 2.75) is 19.5 Å². The van der Waals surface area contributed by atoms with E-state index in [4.69, 9.17) is 11.1 Å². The van der Waals surface area contributed by atoms with E-state index in [1.54, 1.807) is 6.92 Å².